The number of unbranched alkanes of at least 4 members (excludes halogenated alkanes) is 1. The van der Waals surface area contributed by atoms with Crippen LogP contribution in [0.15, 0.2) is 82.0 Å². The van der Waals surface area contributed by atoms with E-state index in [1.165, 1.54) is 4.90 Å². The Balaban J connectivity index is 1.60. The number of ether oxygens (including phenoxy) is 2. The number of amides is 1. The Morgan fingerprint density at radius 3 is 2.39 bits per heavy atom. The summed E-state index contributed by atoms with van der Waals surface area (Å²) in [6.07, 6.45) is 1.72. The molecule has 0 saturated carbocycles. The number of carbonyl (C=O) groups is 2. The lowest BCUT2D eigenvalue weighted by Crippen LogP contribution is -2.29. The molecule has 1 aliphatic rings. The number of fused-ring (bicyclic) bond motifs is 2. The van der Waals surface area contributed by atoms with Gasteiger partial charge in [-0.25, -0.2) is 4.79 Å². The molecule has 1 amide bonds. The third-order valence-electron chi connectivity index (χ3n) is 6.32. The maximum atomic E-state index is 13.7. The van der Waals surface area contributed by atoms with E-state index in [-0.39, 0.29) is 16.8 Å². The van der Waals surface area contributed by atoms with E-state index < -0.39 is 17.9 Å². The Kier molecular flexibility index (Phi) is 6.29. The second-order valence-corrected chi connectivity index (χ2v) is 8.56. The molecule has 7 heteroatoms. The number of methoxy groups -OCH3 is 1. The molecular weight excluding hydrogens is 458 g/mol. The minimum Gasteiger partial charge on any atom is -0.497 e. The standard InChI is InChI=1S/C29H25NO6/c1-3-4-17-35-29(33)19-9-13-20(14-10-19)30-25(18-11-15-21(34-2)16-12-18)24-26(31)22-7-5-6-8-23(22)36-27(24)28(30)32/h5-16,25H,3-4,17H2,1-2H3. The molecule has 7 nitrogen and oxygen atoms in total. The molecule has 4 aromatic rings. The van der Waals surface area contributed by atoms with Crippen molar-refractivity contribution in [3.8, 4) is 5.75 Å². The average molecular weight is 484 g/mol. The van der Waals surface area contributed by atoms with Crippen LogP contribution in [0.2, 0.25) is 0 Å². The number of hydrogen-bond donors (Lipinski definition) is 0. The van der Waals surface area contributed by atoms with Gasteiger partial charge in [0.25, 0.3) is 5.91 Å². The van der Waals surface area contributed by atoms with Gasteiger partial charge in [-0.3, -0.25) is 14.5 Å². The molecule has 0 spiro atoms. The predicted octanol–water partition coefficient (Wildman–Crippen LogP) is 5.51. The molecule has 2 heterocycles. The number of carbonyl (C=O) groups excluding carboxylic acids is 2. The third-order valence-corrected chi connectivity index (χ3v) is 6.32. The van der Waals surface area contributed by atoms with E-state index >= 15 is 0 Å². The summed E-state index contributed by atoms with van der Waals surface area (Å²) in [5, 5.41) is 0.412. The van der Waals surface area contributed by atoms with Crippen LogP contribution < -0.4 is 15.1 Å². The number of benzene rings is 3. The van der Waals surface area contributed by atoms with E-state index in [2.05, 4.69) is 0 Å². The zero-order chi connectivity index (χ0) is 25.2. The van der Waals surface area contributed by atoms with Crippen LogP contribution >= 0.6 is 0 Å². The molecule has 182 valence electrons. The normalized spacial score (nSPS) is 14.7. The largest absolute Gasteiger partial charge is 0.497 e. The zero-order valence-electron chi connectivity index (χ0n) is 20.0. The maximum absolute atomic E-state index is 13.7. The van der Waals surface area contributed by atoms with Crippen molar-refractivity contribution in [3.63, 3.8) is 0 Å². The quantitative estimate of drug-likeness (QED) is 0.255. The van der Waals surface area contributed by atoms with Crippen LogP contribution in [-0.4, -0.2) is 25.6 Å². The first-order chi connectivity index (χ1) is 17.5. The monoisotopic (exact) mass is 483 g/mol. The molecule has 0 fully saturated rings. The SMILES string of the molecule is CCCCOC(=O)c1ccc(N2C(=O)c3oc4ccccc4c(=O)c3C2c2ccc(OC)cc2)cc1. The van der Waals surface area contributed by atoms with Crippen LogP contribution in [0.4, 0.5) is 5.69 Å². The van der Waals surface area contributed by atoms with E-state index in [0.29, 0.717) is 34.6 Å². The van der Waals surface area contributed by atoms with Crippen molar-refractivity contribution in [3.05, 3.63) is 105 Å². The van der Waals surface area contributed by atoms with E-state index in [0.717, 1.165) is 18.4 Å². The van der Waals surface area contributed by atoms with Gasteiger partial charge in [-0.1, -0.05) is 37.6 Å². The molecule has 0 saturated heterocycles. The second-order valence-electron chi connectivity index (χ2n) is 8.56. The van der Waals surface area contributed by atoms with Crippen LogP contribution in [-0.2, 0) is 4.74 Å². The summed E-state index contributed by atoms with van der Waals surface area (Å²) in [5.41, 5.74) is 2.04. The fraction of sp³-hybridized carbons (Fsp3) is 0.207. The highest BCUT2D eigenvalue weighted by atomic mass is 16.5. The smallest absolute Gasteiger partial charge is 0.338 e. The Morgan fingerprint density at radius 1 is 0.972 bits per heavy atom. The summed E-state index contributed by atoms with van der Waals surface area (Å²) < 4.78 is 16.5. The van der Waals surface area contributed by atoms with Crippen LogP contribution in [0.1, 0.15) is 57.8 Å². The van der Waals surface area contributed by atoms with Gasteiger partial charge in [0.1, 0.15) is 11.3 Å². The van der Waals surface area contributed by atoms with Gasteiger partial charge in [-0.15, -0.1) is 0 Å². The van der Waals surface area contributed by atoms with Crippen molar-refractivity contribution in [1.82, 2.24) is 0 Å². The first-order valence-corrected chi connectivity index (χ1v) is 11.8. The van der Waals surface area contributed by atoms with E-state index in [4.69, 9.17) is 13.9 Å². The van der Waals surface area contributed by atoms with Crippen molar-refractivity contribution >= 4 is 28.5 Å². The van der Waals surface area contributed by atoms with Crippen molar-refractivity contribution in [2.24, 2.45) is 0 Å². The highest BCUT2D eigenvalue weighted by molar-refractivity contribution is 6.10. The molecule has 0 radical (unpaired) electrons. The van der Waals surface area contributed by atoms with Gasteiger partial charge in [0.15, 0.2) is 5.43 Å². The van der Waals surface area contributed by atoms with Crippen LogP contribution in [0.5, 0.6) is 5.75 Å². The Hall–Kier alpha value is -4.39. The lowest BCUT2D eigenvalue weighted by atomic mass is 9.98. The number of para-hydroxylation sites is 1. The lowest BCUT2D eigenvalue weighted by molar-refractivity contribution is 0.0499. The molecule has 3 aromatic carbocycles. The molecule has 1 aliphatic heterocycles. The molecule has 0 bridgehead atoms. The van der Waals surface area contributed by atoms with Gasteiger partial charge in [0.05, 0.1) is 36.3 Å². The Bertz CT molecular complexity index is 1490. The first kappa shape index (κ1) is 23.4. The molecule has 1 unspecified atom stereocenters. The Morgan fingerprint density at radius 2 is 1.69 bits per heavy atom. The highest BCUT2D eigenvalue weighted by Crippen LogP contribution is 2.41. The fourth-order valence-corrected chi connectivity index (χ4v) is 4.44. The van der Waals surface area contributed by atoms with Crippen LogP contribution in [0, 0.1) is 0 Å². The van der Waals surface area contributed by atoms with Gasteiger partial charge in [-0.05, 0) is 60.5 Å². The first-order valence-electron chi connectivity index (χ1n) is 11.8. The van der Waals surface area contributed by atoms with Crippen molar-refractivity contribution in [2.45, 2.75) is 25.8 Å². The van der Waals surface area contributed by atoms with E-state index in [9.17, 15) is 14.4 Å². The fourth-order valence-electron chi connectivity index (χ4n) is 4.44. The molecule has 36 heavy (non-hydrogen) atoms. The minimum atomic E-state index is -0.707. The lowest BCUT2D eigenvalue weighted by Gasteiger charge is -2.25. The molecule has 0 N–H and O–H groups in total. The van der Waals surface area contributed by atoms with Gasteiger partial charge < -0.3 is 13.9 Å². The maximum Gasteiger partial charge on any atom is 0.338 e. The highest BCUT2D eigenvalue weighted by Gasteiger charge is 2.43. The number of nitrogens with zero attached hydrogens (tertiary/aromatic N) is 1. The summed E-state index contributed by atoms with van der Waals surface area (Å²) in [4.78, 5) is 41.1. The second kappa shape index (κ2) is 9.70. The van der Waals surface area contributed by atoms with Crippen molar-refractivity contribution < 1.29 is 23.5 Å². The number of esters is 1. The predicted molar refractivity (Wildman–Crippen MR) is 136 cm³/mol. The minimum absolute atomic E-state index is 0.0163. The molecular formula is C29H25NO6. The number of anilines is 1. The topological polar surface area (TPSA) is 86.0 Å². The molecule has 5 rings (SSSR count). The molecule has 1 aromatic heterocycles. The van der Waals surface area contributed by atoms with Crippen molar-refractivity contribution in [1.29, 1.82) is 0 Å². The third kappa shape index (κ3) is 4.02. The summed E-state index contributed by atoms with van der Waals surface area (Å²) in [6.45, 7) is 2.38. The zero-order valence-corrected chi connectivity index (χ0v) is 20.0. The number of hydrogen-bond acceptors (Lipinski definition) is 6. The van der Waals surface area contributed by atoms with E-state index in [1.807, 2.05) is 19.1 Å². The van der Waals surface area contributed by atoms with Crippen molar-refractivity contribution in [2.75, 3.05) is 18.6 Å². The Labute approximate surface area is 207 Å². The van der Waals surface area contributed by atoms with Gasteiger partial charge in [0.2, 0.25) is 5.76 Å². The summed E-state index contributed by atoms with van der Waals surface area (Å²) in [6, 6.07) is 20.0. The summed E-state index contributed by atoms with van der Waals surface area (Å²) >= 11 is 0. The number of rotatable bonds is 7. The summed E-state index contributed by atoms with van der Waals surface area (Å²) in [7, 11) is 1.57. The summed E-state index contributed by atoms with van der Waals surface area (Å²) in [5.74, 6) is -0.165. The van der Waals surface area contributed by atoms with E-state index in [1.54, 1.807) is 67.8 Å². The molecule has 1 atom stereocenters. The average Bonchev–Trinajstić information content (AvgIpc) is 3.21. The molecule has 0 aliphatic carbocycles. The van der Waals surface area contributed by atoms with Gasteiger partial charge >= 0.3 is 5.97 Å². The van der Waals surface area contributed by atoms with Crippen LogP contribution in [0.25, 0.3) is 11.0 Å². The van der Waals surface area contributed by atoms with Gasteiger partial charge in [-0.2, -0.15) is 0 Å². The van der Waals surface area contributed by atoms with Crippen LogP contribution in [0.3, 0.4) is 0 Å². The van der Waals surface area contributed by atoms with Gasteiger partial charge in [0, 0.05) is 5.69 Å².